The van der Waals surface area contributed by atoms with Crippen molar-refractivity contribution in [2.45, 2.75) is 12.5 Å². The van der Waals surface area contributed by atoms with Crippen LogP contribution in [0.25, 0.3) is 5.57 Å². The van der Waals surface area contributed by atoms with E-state index in [-0.39, 0.29) is 0 Å². The Morgan fingerprint density at radius 1 is 1.29 bits per heavy atom. The molecule has 1 aromatic carbocycles. The first-order valence-electron chi connectivity index (χ1n) is 5.36. The molecule has 0 aliphatic heterocycles. The fourth-order valence-electron chi connectivity index (χ4n) is 1.65. The van der Waals surface area contributed by atoms with Crippen LogP contribution in [-0.4, -0.2) is 10.7 Å². The van der Waals surface area contributed by atoms with E-state index in [0.29, 0.717) is 5.69 Å². The number of nitroso groups, excluding NO2 is 1. The van der Waals surface area contributed by atoms with E-state index < -0.39 is 5.60 Å². The Morgan fingerprint density at radius 2 is 2.12 bits per heavy atom. The van der Waals surface area contributed by atoms with Crippen molar-refractivity contribution in [3.63, 3.8) is 0 Å². The molecule has 0 saturated carbocycles. The van der Waals surface area contributed by atoms with Crippen molar-refractivity contribution in [1.82, 2.24) is 0 Å². The molecule has 1 unspecified atom stereocenters. The summed E-state index contributed by atoms with van der Waals surface area (Å²) in [6, 6.07) is 7.06. The molecule has 0 bridgehead atoms. The van der Waals surface area contributed by atoms with Crippen molar-refractivity contribution < 1.29 is 5.11 Å². The third kappa shape index (κ3) is 2.77. The minimum atomic E-state index is -0.932. The number of rotatable bonds is 2. The highest BCUT2D eigenvalue weighted by Crippen LogP contribution is 2.24. The number of aliphatic hydroxyl groups is 1. The van der Waals surface area contributed by atoms with Crippen LogP contribution in [0.3, 0.4) is 0 Å². The summed E-state index contributed by atoms with van der Waals surface area (Å²) in [4.78, 5) is 10.5. The maximum absolute atomic E-state index is 10.5. The summed E-state index contributed by atoms with van der Waals surface area (Å²) < 4.78 is 0. The molecule has 0 saturated heterocycles. The largest absolute Gasteiger partial charge is 0.382 e. The van der Waals surface area contributed by atoms with E-state index in [2.05, 4.69) is 5.18 Å². The Labute approximate surface area is 99.8 Å². The van der Waals surface area contributed by atoms with Crippen molar-refractivity contribution >= 4 is 11.3 Å². The van der Waals surface area contributed by atoms with Gasteiger partial charge >= 0.3 is 0 Å². The highest BCUT2D eigenvalue weighted by Gasteiger charge is 2.13. The normalized spacial score (nSPS) is 23.1. The third-order valence-electron chi connectivity index (χ3n) is 2.59. The van der Waals surface area contributed by atoms with Crippen molar-refractivity contribution in [3.8, 4) is 0 Å². The van der Waals surface area contributed by atoms with E-state index in [9.17, 15) is 10.0 Å². The highest BCUT2D eigenvalue weighted by molar-refractivity contribution is 5.77. The Bertz CT molecular complexity index is 525. The van der Waals surface area contributed by atoms with Gasteiger partial charge in [0.05, 0.1) is 5.60 Å². The SMILES string of the molecule is CC1(O)C=CC=C(c2cccc(N=O)c2)C=C1. The van der Waals surface area contributed by atoms with Crippen LogP contribution in [0.2, 0.25) is 0 Å². The van der Waals surface area contributed by atoms with Gasteiger partial charge in [0.1, 0.15) is 5.69 Å². The molecule has 86 valence electrons. The van der Waals surface area contributed by atoms with Gasteiger partial charge in [-0.3, -0.25) is 0 Å². The highest BCUT2D eigenvalue weighted by atomic mass is 16.3. The number of allylic oxidation sites excluding steroid dienone is 4. The average Bonchev–Trinajstić information content (AvgIpc) is 2.50. The molecule has 17 heavy (non-hydrogen) atoms. The number of hydrogen-bond donors (Lipinski definition) is 1. The van der Waals surface area contributed by atoms with Gasteiger partial charge < -0.3 is 5.11 Å². The molecule has 3 heteroatoms. The lowest BCUT2D eigenvalue weighted by Crippen LogP contribution is -2.15. The molecule has 1 aliphatic rings. The Hall–Kier alpha value is -2.00. The summed E-state index contributed by atoms with van der Waals surface area (Å²) in [6.07, 6.45) is 8.95. The molecule has 0 fully saturated rings. The van der Waals surface area contributed by atoms with Gasteiger partial charge in [-0.15, -0.1) is 4.91 Å². The van der Waals surface area contributed by atoms with Crippen LogP contribution in [0.5, 0.6) is 0 Å². The lowest BCUT2D eigenvalue weighted by molar-refractivity contribution is 0.164. The van der Waals surface area contributed by atoms with Gasteiger partial charge in [-0.25, -0.2) is 0 Å². The van der Waals surface area contributed by atoms with Crippen LogP contribution < -0.4 is 0 Å². The molecule has 3 nitrogen and oxygen atoms in total. The average molecular weight is 227 g/mol. The van der Waals surface area contributed by atoms with E-state index >= 15 is 0 Å². The Morgan fingerprint density at radius 3 is 2.88 bits per heavy atom. The fourth-order valence-corrected chi connectivity index (χ4v) is 1.65. The topological polar surface area (TPSA) is 49.7 Å². The molecule has 0 radical (unpaired) electrons. The summed E-state index contributed by atoms with van der Waals surface area (Å²) >= 11 is 0. The van der Waals surface area contributed by atoms with Gasteiger partial charge in [0.25, 0.3) is 0 Å². The lowest BCUT2D eigenvalue weighted by atomic mass is 10.0. The van der Waals surface area contributed by atoms with Crippen LogP contribution in [-0.2, 0) is 0 Å². The summed E-state index contributed by atoms with van der Waals surface area (Å²) in [6.45, 7) is 1.71. The first kappa shape index (κ1) is 11.5. The van der Waals surface area contributed by atoms with Gasteiger partial charge in [-0.1, -0.05) is 30.4 Å². The van der Waals surface area contributed by atoms with Crippen LogP contribution in [0.1, 0.15) is 12.5 Å². The zero-order valence-electron chi connectivity index (χ0n) is 9.50. The summed E-state index contributed by atoms with van der Waals surface area (Å²) in [7, 11) is 0. The standard InChI is InChI=1S/C14H13NO2/c1-14(16)8-3-5-11(7-9-14)12-4-2-6-13(10-12)15-17/h2-10,16H,1H3. The van der Waals surface area contributed by atoms with Crippen LogP contribution in [0.15, 0.2) is 59.8 Å². The van der Waals surface area contributed by atoms with Gasteiger partial charge in [-0.2, -0.15) is 0 Å². The summed E-state index contributed by atoms with van der Waals surface area (Å²) in [5, 5.41) is 12.8. The summed E-state index contributed by atoms with van der Waals surface area (Å²) in [5.74, 6) is 0. The molecule has 0 spiro atoms. The van der Waals surface area contributed by atoms with E-state index in [1.54, 1.807) is 43.4 Å². The molecular weight excluding hydrogens is 214 g/mol. The number of benzene rings is 1. The number of hydrogen-bond acceptors (Lipinski definition) is 3. The molecule has 0 heterocycles. The third-order valence-corrected chi connectivity index (χ3v) is 2.59. The molecule has 1 N–H and O–H groups in total. The lowest BCUT2D eigenvalue weighted by Gasteiger charge is -2.11. The van der Waals surface area contributed by atoms with Crippen LogP contribution in [0.4, 0.5) is 5.69 Å². The fraction of sp³-hybridized carbons (Fsp3) is 0.143. The Kier molecular flexibility index (Phi) is 3.02. The molecule has 2 rings (SSSR count). The van der Waals surface area contributed by atoms with E-state index in [0.717, 1.165) is 11.1 Å². The minimum absolute atomic E-state index is 0.400. The van der Waals surface area contributed by atoms with E-state index in [4.69, 9.17) is 0 Å². The second-order valence-corrected chi connectivity index (χ2v) is 4.18. The smallest absolute Gasteiger partial charge is 0.108 e. The molecule has 1 atom stereocenters. The zero-order valence-corrected chi connectivity index (χ0v) is 9.50. The second kappa shape index (κ2) is 4.47. The van der Waals surface area contributed by atoms with Crippen molar-refractivity contribution in [1.29, 1.82) is 0 Å². The zero-order chi connectivity index (χ0) is 12.3. The van der Waals surface area contributed by atoms with Crippen LogP contribution in [0, 0.1) is 4.91 Å². The molecule has 1 aliphatic carbocycles. The van der Waals surface area contributed by atoms with Crippen LogP contribution >= 0.6 is 0 Å². The first-order valence-corrected chi connectivity index (χ1v) is 5.36. The molecular formula is C14H13NO2. The Balaban J connectivity index is 2.38. The molecule has 0 aromatic heterocycles. The predicted octanol–water partition coefficient (Wildman–Crippen LogP) is 3.34. The summed E-state index contributed by atoms with van der Waals surface area (Å²) in [5.41, 5.74) is 1.31. The maximum atomic E-state index is 10.5. The molecule has 0 amide bonds. The monoisotopic (exact) mass is 227 g/mol. The second-order valence-electron chi connectivity index (χ2n) is 4.18. The first-order chi connectivity index (χ1) is 8.11. The van der Waals surface area contributed by atoms with Gasteiger partial charge in [0.2, 0.25) is 0 Å². The molecule has 1 aromatic rings. The van der Waals surface area contributed by atoms with E-state index in [1.165, 1.54) is 0 Å². The van der Waals surface area contributed by atoms with Gasteiger partial charge in [0, 0.05) is 0 Å². The van der Waals surface area contributed by atoms with Crippen molar-refractivity contribution in [3.05, 3.63) is 65.1 Å². The number of nitrogens with zero attached hydrogens (tertiary/aromatic N) is 1. The van der Waals surface area contributed by atoms with Gasteiger partial charge in [-0.05, 0) is 47.5 Å². The predicted molar refractivity (Wildman–Crippen MR) is 68.8 cm³/mol. The maximum Gasteiger partial charge on any atom is 0.108 e. The minimum Gasteiger partial charge on any atom is -0.382 e. The van der Waals surface area contributed by atoms with Crippen molar-refractivity contribution in [2.75, 3.05) is 0 Å². The quantitative estimate of drug-likeness (QED) is 0.788. The van der Waals surface area contributed by atoms with Crippen molar-refractivity contribution in [2.24, 2.45) is 5.18 Å². The van der Waals surface area contributed by atoms with E-state index in [1.807, 2.05) is 18.2 Å². The van der Waals surface area contributed by atoms with Gasteiger partial charge in [0.15, 0.2) is 0 Å².